The van der Waals surface area contributed by atoms with Crippen LogP contribution in [0.1, 0.15) is 10.4 Å². The second kappa shape index (κ2) is 9.99. The highest BCUT2D eigenvalue weighted by Crippen LogP contribution is 2.23. The fourth-order valence-corrected chi connectivity index (χ4v) is 3.76. The molecular formula is C23H26N4O6. The van der Waals surface area contributed by atoms with Gasteiger partial charge in [0.15, 0.2) is 12.2 Å². The SMILES string of the molecule is Nc1ccc(NC(=O)C(O)[C@H]2OCCN(c3cccc(C(=O)N4CCOCC4)c3)C2=O)cc1. The number of nitrogen functional groups attached to an aromatic ring is 1. The number of nitrogens with one attached hydrogen (secondary N) is 1. The molecule has 10 nitrogen and oxygen atoms in total. The molecule has 0 bridgehead atoms. The summed E-state index contributed by atoms with van der Waals surface area (Å²) in [5.74, 6) is -1.46. The van der Waals surface area contributed by atoms with E-state index in [1.807, 2.05) is 0 Å². The van der Waals surface area contributed by atoms with E-state index >= 15 is 0 Å². The number of aliphatic hydroxyl groups excluding tert-OH is 1. The predicted octanol–water partition coefficient (Wildman–Crippen LogP) is 0.473. The maximum Gasteiger partial charge on any atom is 0.259 e. The van der Waals surface area contributed by atoms with Crippen LogP contribution in [0.15, 0.2) is 48.5 Å². The molecule has 0 radical (unpaired) electrons. The Morgan fingerprint density at radius 3 is 2.52 bits per heavy atom. The van der Waals surface area contributed by atoms with Crippen LogP contribution in [-0.2, 0) is 19.1 Å². The van der Waals surface area contributed by atoms with Gasteiger partial charge >= 0.3 is 0 Å². The lowest BCUT2D eigenvalue weighted by molar-refractivity contribution is -0.150. The normalized spacial score (nSPS) is 19.8. The van der Waals surface area contributed by atoms with Crippen LogP contribution in [-0.4, -0.2) is 79.4 Å². The summed E-state index contributed by atoms with van der Waals surface area (Å²) in [6, 6.07) is 13.1. The van der Waals surface area contributed by atoms with Crippen molar-refractivity contribution < 1.29 is 29.0 Å². The van der Waals surface area contributed by atoms with Crippen LogP contribution in [0, 0.1) is 0 Å². The summed E-state index contributed by atoms with van der Waals surface area (Å²) in [6.07, 6.45) is -3.08. The van der Waals surface area contributed by atoms with Gasteiger partial charge in [-0.3, -0.25) is 14.4 Å². The zero-order valence-electron chi connectivity index (χ0n) is 18.0. The van der Waals surface area contributed by atoms with Crippen molar-refractivity contribution >= 4 is 34.8 Å². The Morgan fingerprint density at radius 1 is 1.06 bits per heavy atom. The quantitative estimate of drug-likeness (QED) is 0.559. The van der Waals surface area contributed by atoms with Crippen molar-refractivity contribution in [2.24, 2.45) is 0 Å². The van der Waals surface area contributed by atoms with E-state index in [2.05, 4.69) is 5.32 Å². The van der Waals surface area contributed by atoms with Gasteiger partial charge in [-0.15, -0.1) is 0 Å². The number of rotatable bonds is 5. The zero-order valence-corrected chi connectivity index (χ0v) is 18.0. The first-order valence-electron chi connectivity index (χ1n) is 10.7. The molecule has 0 aliphatic carbocycles. The number of hydrogen-bond donors (Lipinski definition) is 3. The first-order valence-corrected chi connectivity index (χ1v) is 10.7. The minimum absolute atomic E-state index is 0.129. The summed E-state index contributed by atoms with van der Waals surface area (Å²) in [7, 11) is 0. The molecular weight excluding hydrogens is 428 g/mol. The summed E-state index contributed by atoms with van der Waals surface area (Å²) in [5, 5.41) is 13.1. The Morgan fingerprint density at radius 2 is 1.79 bits per heavy atom. The van der Waals surface area contributed by atoms with Crippen LogP contribution < -0.4 is 16.0 Å². The minimum Gasteiger partial charge on any atom is -0.399 e. The van der Waals surface area contributed by atoms with Crippen molar-refractivity contribution in [2.45, 2.75) is 12.2 Å². The number of anilines is 3. The van der Waals surface area contributed by atoms with Crippen LogP contribution in [0.25, 0.3) is 0 Å². The van der Waals surface area contributed by atoms with Crippen molar-refractivity contribution in [2.75, 3.05) is 55.4 Å². The van der Waals surface area contributed by atoms with Crippen LogP contribution in [0.3, 0.4) is 0 Å². The first kappa shape index (κ1) is 22.7. The Hall–Kier alpha value is -3.47. The minimum atomic E-state index is -1.71. The van der Waals surface area contributed by atoms with E-state index in [0.29, 0.717) is 48.9 Å². The fraction of sp³-hybridized carbons (Fsp3) is 0.348. The maximum atomic E-state index is 13.1. The summed E-state index contributed by atoms with van der Waals surface area (Å²) in [5.41, 5.74) is 7.55. The molecule has 0 aromatic heterocycles. The standard InChI is InChI=1S/C23H26N4O6/c24-16-4-6-17(7-5-16)25-21(29)19(28)20-23(31)27(10-13-33-20)18-3-1-2-15(14-18)22(30)26-8-11-32-12-9-26/h1-7,14,19-20,28H,8-13,24H2,(H,25,29)/t19?,20-/m1/s1. The largest absolute Gasteiger partial charge is 0.399 e. The number of morpholine rings is 2. The summed E-state index contributed by atoms with van der Waals surface area (Å²) in [6.45, 7) is 2.37. The molecule has 2 heterocycles. The Bertz CT molecular complexity index is 1020. The molecule has 1 unspecified atom stereocenters. The molecule has 2 saturated heterocycles. The Kier molecular flexibility index (Phi) is 6.87. The molecule has 174 valence electrons. The molecule has 2 aromatic rings. The molecule has 0 saturated carbocycles. The van der Waals surface area contributed by atoms with Gasteiger partial charge in [0.05, 0.1) is 19.8 Å². The molecule has 2 aliphatic heterocycles. The van der Waals surface area contributed by atoms with Crippen molar-refractivity contribution in [3.63, 3.8) is 0 Å². The lowest BCUT2D eigenvalue weighted by atomic mass is 10.1. The van der Waals surface area contributed by atoms with E-state index < -0.39 is 24.0 Å². The number of amides is 3. The Labute approximate surface area is 190 Å². The summed E-state index contributed by atoms with van der Waals surface area (Å²) >= 11 is 0. The van der Waals surface area contributed by atoms with Crippen LogP contribution in [0.5, 0.6) is 0 Å². The van der Waals surface area contributed by atoms with Gasteiger partial charge in [-0.2, -0.15) is 0 Å². The van der Waals surface area contributed by atoms with Gasteiger partial charge in [0.25, 0.3) is 17.7 Å². The molecule has 2 fully saturated rings. The van der Waals surface area contributed by atoms with Crippen molar-refractivity contribution in [1.82, 2.24) is 4.90 Å². The third-order valence-corrected chi connectivity index (χ3v) is 5.56. The topological polar surface area (TPSA) is 134 Å². The van der Waals surface area contributed by atoms with Gasteiger partial charge < -0.3 is 35.4 Å². The maximum absolute atomic E-state index is 13.1. The van der Waals surface area contributed by atoms with E-state index in [1.54, 1.807) is 53.4 Å². The number of carbonyl (C=O) groups is 3. The fourth-order valence-electron chi connectivity index (χ4n) is 3.76. The number of hydrogen-bond acceptors (Lipinski definition) is 7. The molecule has 3 amide bonds. The number of benzene rings is 2. The predicted molar refractivity (Wildman–Crippen MR) is 121 cm³/mol. The van der Waals surface area contributed by atoms with Gasteiger partial charge in [0, 0.05) is 42.3 Å². The van der Waals surface area contributed by atoms with Crippen molar-refractivity contribution in [3.05, 3.63) is 54.1 Å². The molecule has 0 spiro atoms. The average Bonchev–Trinajstić information content (AvgIpc) is 2.85. The van der Waals surface area contributed by atoms with E-state index in [0.717, 1.165) is 0 Å². The average molecular weight is 454 g/mol. The van der Waals surface area contributed by atoms with E-state index in [4.69, 9.17) is 15.2 Å². The molecule has 10 heteroatoms. The van der Waals surface area contributed by atoms with Crippen molar-refractivity contribution in [3.8, 4) is 0 Å². The lowest BCUT2D eigenvalue weighted by Gasteiger charge is -2.34. The lowest BCUT2D eigenvalue weighted by Crippen LogP contribution is -2.55. The molecule has 2 aliphatic rings. The van der Waals surface area contributed by atoms with Crippen LogP contribution in [0.2, 0.25) is 0 Å². The molecule has 33 heavy (non-hydrogen) atoms. The summed E-state index contributed by atoms with van der Waals surface area (Å²) < 4.78 is 10.7. The third-order valence-electron chi connectivity index (χ3n) is 5.56. The second-order valence-corrected chi connectivity index (χ2v) is 7.79. The van der Waals surface area contributed by atoms with Gasteiger partial charge in [0.1, 0.15) is 0 Å². The van der Waals surface area contributed by atoms with E-state index in [9.17, 15) is 19.5 Å². The Balaban J connectivity index is 1.46. The summed E-state index contributed by atoms with van der Waals surface area (Å²) in [4.78, 5) is 41.5. The third kappa shape index (κ3) is 5.14. The highest BCUT2D eigenvalue weighted by Gasteiger charge is 2.39. The highest BCUT2D eigenvalue weighted by atomic mass is 16.5. The smallest absolute Gasteiger partial charge is 0.259 e. The molecule has 4 rings (SSSR count). The molecule has 4 N–H and O–H groups in total. The molecule has 2 aromatic carbocycles. The van der Waals surface area contributed by atoms with Gasteiger partial charge in [0.2, 0.25) is 0 Å². The monoisotopic (exact) mass is 454 g/mol. The van der Waals surface area contributed by atoms with Crippen LogP contribution in [0.4, 0.5) is 17.1 Å². The van der Waals surface area contributed by atoms with E-state index in [1.165, 1.54) is 4.90 Å². The van der Waals surface area contributed by atoms with Crippen molar-refractivity contribution in [1.29, 1.82) is 0 Å². The first-order chi connectivity index (χ1) is 15.9. The van der Waals surface area contributed by atoms with Gasteiger partial charge in [-0.1, -0.05) is 6.07 Å². The number of nitrogens with two attached hydrogens (primary N) is 1. The highest BCUT2D eigenvalue weighted by molar-refractivity contribution is 6.04. The number of nitrogens with zero attached hydrogens (tertiary/aromatic N) is 2. The number of carbonyl (C=O) groups excluding carboxylic acids is 3. The number of ether oxygens (including phenoxy) is 2. The van der Waals surface area contributed by atoms with E-state index in [-0.39, 0.29) is 19.1 Å². The van der Waals surface area contributed by atoms with Gasteiger partial charge in [-0.05, 0) is 42.5 Å². The van der Waals surface area contributed by atoms with Crippen LogP contribution >= 0.6 is 0 Å². The van der Waals surface area contributed by atoms with Gasteiger partial charge in [-0.25, -0.2) is 0 Å². The molecule has 2 atom stereocenters. The second-order valence-electron chi connectivity index (χ2n) is 7.79. The zero-order chi connectivity index (χ0) is 23.4. The number of aliphatic hydroxyl groups is 1.